The van der Waals surface area contributed by atoms with Gasteiger partial charge in [0.05, 0.1) is 12.7 Å². The summed E-state index contributed by atoms with van der Waals surface area (Å²) in [7, 11) is 1.50. The summed E-state index contributed by atoms with van der Waals surface area (Å²) in [6, 6.07) is 7.02. The molecule has 0 radical (unpaired) electrons. The van der Waals surface area contributed by atoms with Crippen LogP contribution in [0.3, 0.4) is 0 Å². The first kappa shape index (κ1) is 15.7. The number of hydrogen-bond acceptors (Lipinski definition) is 3. The van der Waals surface area contributed by atoms with Gasteiger partial charge in [0, 0.05) is 10.5 Å². The molecule has 0 fully saturated rings. The Balaban J connectivity index is 2.50. The average Bonchev–Trinajstić information content (AvgIpc) is 2.43. The van der Waals surface area contributed by atoms with E-state index in [1.54, 1.807) is 25.1 Å². The van der Waals surface area contributed by atoms with Crippen molar-refractivity contribution in [1.82, 2.24) is 0 Å². The summed E-state index contributed by atoms with van der Waals surface area (Å²) in [5, 5.41) is 0. The molecule has 2 aromatic rings. The Kier molecular flexibility index (Phi) is 4.80. The molecule has 2 rings (SSSR count). The molecule has 0 amide bonds. The Morgan fingerprint density at radius 1 is 1.14 bits per heavy atom. The first-order valence-electron chi connectivity index (χ1n) is 6.19. The molecule has 0 aliphatic rings. The van der Waals surface area contributed by atoms with E-state index in [2.05, 4.69) is 15.9 Å². The van der Waals surface area contributed by atoms with E-state index in [9.17, 15) is 8.78 Å². The SMILES string of the molecule is COc1cccc(Oc2cc(Br)cc(F)c2F)c1[C@@H](C)N. The van der Waals surface area contributed by atoms with Crippen LogP contribution >= 0.6 is 15.9 Å². The highest BCUT2D eigenvalue weighted by molar-refractivity contribution is 9.10. The topological polar surface area (TPSA) is 44.5 Å². The number of ether oxygens (including phenoxy) is 2. The molecule has 0 aliphatic carbocycles. The summed E-state index contributed by atoms with van der Waals surface area (Å²) >= 11 is 3.10. The molecule has 0 aromatic heterocycles. The maximum atomic E-state index is 13.8. The summed E-state index contributed by atoms with van der Waals surface area (Å²) in [6.45, 7) is 1.75. The van der Waals surface area contributed by atoms with Crippen LogP contribution in [-0.2, 0) is 0 Å². The zero-order chi connectivity index (χ0) is 15.6. The van der Waals surface area contributed by atoms with Crippen molar-refractivity contribution in [3.8, 4) is 17.2 Å². The minimum absolute atomic E-state index is 0.225. The summed E-state index contributed by atoms with van der Waals surface area (Å²) in [5.74, 6) is -1.43. The van der Waals surface area contributed by atoms with E-state index in [1.807, 2.05) is 0 Å². The van der Waals surface area contributed by atoms with Gasteiger partial charge in [0.2, 0.25) is 5.82 Å². The highest BCUT2D eigenvalue weighted by Gasteiger charge is 2.18. The lowest BCUT2D eigenvalue weighted by molar-refractivity contribution is 0.387. The number of methoxy groups -OCH3 is 1. The van der Waals surface area contributed by atoms with Gasteiger partial charge in [-0.15, -0.1) is 0 Å². The standard InChI is InChI=1S/C15H14BrF2NO2/c1-8(19)14-11(20-2)4-3-5-12(14)21-13-7-9(16)6-10(17)15(13)18/h3-8H,19H2,1-2H3/t8-/m1/s1. The Bertz CT molecular complexity index is 662. The van der Waals surface area contributed by atoms with Crippen molar-refractivity contribution in [3.63, 3.8) is 0 Å². The Hall–Kier alpha value is -1.66. The lowest BCUT2D eigenvalue weighted by Gasteiger charge is -2.17. The fourth-order valence-electron chi connectivity index (χ4n) is 1.96. The van der Waals surface area contributed by atoms with Gasteiger partial charge in [-0.3, -0.25) is 0 Å². The average molecular weight is 358 g/mol. The molecule has 112 valence electrons. The van der Waals surface area contributed by atoms with Crippen LogP contribution in [0, 0.1) is 11.6 Å². The van der Waals surface area contributed by atoms with Crippen molar-refractivity contribution < 1.29 is 18.3 Å². The Morgan fingerprint density at radius 2 is 1.81 bits per heavy atom. The molecule has 6 heteroatoms. The molecule has 21 heavy (non-hydrogen) atoms. The molecule has 0 spiro atoms. The molecule has 0 heterocycles. The van der Waals surface area contributed by atoms with Crippen molar-refractivity contribution in [2.75, 3.05) is 7.11 Å². The second-order valence-corrected chi connectivity index (χ2v) is 5.38. The summed E-state index contributed by atoms with van der Waals surface area (Å²) in [5.41, 5.74) is 6.49. The molecule has 2 aromatic carbocycles. The predicted molar refractivity (Wildman–Crippen MR) is 79.7 cm³/mol. The number of halogens is 3. The normalized spacial score (nSPS) is 12.1. The van der Waals surface area contributed by atoms with E-state index in [4.69, 9.17) is 15.2 Å². The zero-order valence-corrected chi connectivity index (χ0v) is 13.1. The number of benzene rings is 2. The van der Waals surface area contributed by atoms with Crippen LogP contribution in [0.5, 0.6) is 17.2 Å². The van der Waals surface area contributed by atoms with Crippen LogP contribution in [-0.4, -0.2) is 7.11 Å². The maximum Gasteiger partial charge on any atom is 0.201 e. The number of hydrogen-bond donors (Lipinski definition) is 1. The fraction of sp³-hybridized carbons (Fsp3) is 0.200. The third-order valence-corrected chi connectivity index (χ3v) is 3.34. The van der Waals surface area contributed by atoms with Crippen LogP contribution in [0.15, 0.2) is 34.8 Å². The summed E-state index contributed by atoms with van der Waals surface area (Å²) in [6.07, 6.45) is 0. The van der Waals surface area contributed by atoms with E-state index < -0.39 is 17.7 Å². The van der Waals surface area contributed by atoms with Crippen molar-refractivity contribution in [1.29, 1.82) is 0 Å². The van der Waals surface area contributed by atoms with Crippen LogP contribution in [0.4, 0.5) is 8.78 Å². The van der Waals surface area contributed by atoms with E-state index in [1.165, 1.54) is 13.2 Å². The van der Waals surface area contributed by atoms with E-state index in [0.717, 1.165) is 6.07 Å². The second-order valence-electron chi connectivity index (χ2n) is 4.46. The van der Waals surface area contributed by atoms with Gasteiger partial charge < -0.3 is 15.2 Å². The fourth-order valence-corrected chi connectivity index (χ4v) is 2.37. The highest BCUT2D eigenvalue weighted by Crippen LogP contribution is 2.37. The monoisotopic (exact) mass is 357 g/mol. The Labute approximate surface area is 129 Å². The Morgan fingerprint density at radius 3 is 2.43 bits per heavy atom. The summed E-state index contributed by atoms with van der Waals surface area (Å²) in [4.78, 5) is 0. The van der Waals surface area contributed by atoms with Gasteiger partial charge in [0.25, 0.3) is 0 Å². The quantitative estimate of drug-likeness (QED) is 0.816. The maximum absolute atomic E-state index is 13.8. The molecular formula is C15H14BrF2NO2. The first-order valence-corrected chi connectivity index (χ1v) is 6.98. The lowest BCUT2D eigenvalue weighted by Crippen LogP contribution is -2.09. The minimum atomic E-state index is -1.06. The van der Waals surface area contributed by atoms with Crippen molar-refractivity contribution in [2.24, 2.45) is 5.73 Å². The molecular weight excluding hydrogens is 344 g/mol. The third-order valence-electron chi connectivity index (χ3n) is 2.88. The second kappa shape index (κ2) is 6.41. The molecule has 3 nitrogen and oxygen atoms in total. The predicted octanol–water partition coefficient (Wildman–Crippen LogP) is 4.55. The molecule has 0 bridgehead atoms. The van der Waals surface area contributed by atoms with Crippen molar-refractivity contribution in [3.05, 3.63) is 52.0 Å². The van der Waals surface area contributed by atoms with Crippen LogP contribution in [0.25, 0.3) is 0 Å². The van der Waals surface area contributed by atoms with E-state index in [-0.39, 0.29) is 5.75 Å². The highest BCUT2D eigenvalue weighted by atomic mass is 79.9. The summed E-state index contributed by atoms with van der Waals surface area (Å²) < 4.78 is 38.3. The van der Waals surface area contributed by atoms with Gasteiger partial charge >= 0.3 is 0 Å². The van der Waals surface area contributed by atoms with Gasteiger partial charge in [-0.05, 0) is 31.2 Å². The third kappa shape index (κ3) is 3.33. The lowest BCUT2D eigenvalue weighted by atomic mass is 10.1. The molecule has 0 unspecified atom stereocenters. The van der Waals surface area contributed by atoms with Gasteiger partial charge in [-0.25, -0.2) is 4.39 Å². The number of nitrogens with two attached hydrogens (primary N) is 1. The largest absolute Gasteiger partial charge is 0.496 e. The first-order chi connectivity index (χ1) is 9.93. The molecule has 0 aliphatic heterocycles. The molecule has 1 atom stereocenters. The van der Waals surface area contributed by atoms with Crippen LogP contribution in [0.1, 0.15) is 18.5 Å². The molecule has 0 saturated carbocycles. The minimum Gasteiger partial charge on any atom is -0.496 e. The zero-order valence-electron chi connectivity index (χ0n) is 11.5. The van der Waals surface area contributed by atoms with Crippen LogP contribution in [0.2, 0.25) is 0 Å². The van der Waals surface area contributed by atoms with Gasteiger partial charge in [-0.1, -0.05) is 22.0 Å². The number of rotatable bonds is 4. The van der Waals surface area contributed by atoms with Crippen molar-refractivity contribution in [2.45, 2.75) is 13.0 Å². The van der Waals surface area contributed by atoms with Gasteiger partial charge in [0.1, 0.15) is 11.5 Å². The molecule has 0 saturated heterocycles. The van der Waals surface area contributed by atoms with E-state index in [0.29, 0.717) is 21.5 Å². The van der Waals surface area contributed by atoms with Gasteiger partial charge in [-0.2, -0.15) is 4.39 Å². The van der Waals surface area contributed by atoms with Crippen molar-refractivity contribution >= 4 is 15.9 Å². The smallest absolute Gasteiger partial charge is 0.201 e. The van der Waals surface area contributed by atoms with E-state index >= 15 is 0 Å². The van der Waals surface area contributed by atoms with Gasteiger partial charge in [0.15, 0.2) is 11.6 Å². The molecule has 2 N–H and O–H groups in total. The van der Waals surface area contributed by atoms with Crippen LogP contribution < -0.4 is 15.2 Å².